The van der Waals surface area contributed by atoms with Crippen molar-refractivity contribution in [2.45, 2.75) is 51.9 Å². The van der Waals surface area contributed by atoms with Gasteiger partial charge >= 0.3 is 0 Å². The minimum atomic E-state index is 0.431. The van der Waals surface area contributed by atoms with Crippen LogP contribution >= 0.6 is 0 Å². The minimum absolute atomic E-state index is 0.431. The van der Waals surface area contributed by atoms with Crippen LogP contribution in [-0.4, -0.2) is 23.2 Å². The molecule has 0 spiro atoms. The zero-order valence-corrected chi connectivity index (χ0v) is 10.9. The molecule has 1 atom stereocenters. The highest BCUT2D eigenvalue weighted by Gasteiger charge is 2.19. The van der Waals surface area contributed by atoms with Crippen LogP contribution in [0, 0.1) is 5.92 Å². The number of nitrogens with one attached hydrogen (secondary N) is 1. The number of rotatable bonds is 5. The average Bonchev–Trinajstić information content (AvgIpc) is 2.81. The summed E-state index contributed by atoms with van der Waals surface area (Å²) >= 11 is 0. The predicted octanol–water partition coefficient (Wildman–Crippen LogP) is 2.52. The molecule has 4 nitrogen and oxygen atoms in total. The first-order chi connectivity index (χ1) is 8.33. The van der Waals surface area contributed by atoms with E-state index in [2.05, 4.69) is 29.3 Å². The Hall–Kier alpha value is -0.900. The summed E-state index contributed by atoms with van der Waals surface area (Å²) in [5.41, 5.74) is 0. The molecule has 0 bridgehead atoms. The van der Waals surface area contributed by atoms with Gasteiger partial charge in [0, 0.05) is 12.3 Å². The molecule has 2 heterocycles. The van der Waals surface area contributed by atoms with Gasteiger partial charge in [-0.05, 0) is 44.7 Å². The molecule has 1 N–H and O–H groups in total. The molecule has 1 aromatic heterocycles. The monoisotopic (exact) mass is 237 g/mol. The molecule has 2 rings (SSSR count). The van der Waals surface area contributed by atoms with Crippen molar-refractivity contribution in [3.05, 3.63) is 11.7 Å². The number of piperidine rings is 1. The largest absolute Gasteiger partial charge is 0.339 e. The second-order valence-electron chi connectivity index (χ2n) is 4.98. The number of hydrogen-bond acceptors (Lipinski definition) is 4. The first-order valence-corrected chi connectivity index (χ1v) is 6.86. The van der Waals surface area contributed by atoms with Gasteiger partial charge in [-0.15, -0.1) is 0 Å². The van der Waals surface area contributed by atoms with E-state index in [0.29, 0.717) is 11.8 Å². The van der Waals surface area contributed by atoms with Crippen molar-refractivity contribution in [3.63, 3.8) is 0 Å². The number of nitrogens with zero attached hydrogens (tertiary/aromatic N) is 2. The minimum Gasteiger partial charge on any atom is -0.339 e. The summed E-state index contributed by atoms with van der Waals surface area (Å²) in [7, 11) is 0. The molecule has 0 saturated carbocycles. The van der Waals surface area contributed by atoms with Gasteiger partial charge in [-0.3, -0.25) is 0 Å². The summed E-state index contributed by atoms with van der Waals surface area (Å²) in [4.78, 5) is 4.54. The second-order valence-corrected chi connectivity index (χ2v) is 4.98. The standard InChI is InChI=1S/C13H23N3O/c1-3-11(4-2)13-15-12(16-17-13)8-10-6-5-7-14-9-10/h10-11,14H,3-9H2,1-2H3. The molecule has 4 heteroatoms. The molecule has 0 aliphatic carbocycles. The van der Waals surface area contributed by atoms with Gasteiger partial charge in [0.2, 0.25) is 5.89 Å². The van der Waals surface area contributed by atoms with E-state index >= 15 is 0 Å². The Bertz CT molecular complexity index is 327. The Labute approximate surface area is 103 Å². The highest BCUT2D eigenvalue weighted by atomic mass is 16.5. The topological polar surface area (TPSA) is 51.0 Å². The van der Waals surface area contributed by atoms with Crippen LogP contribution in [0.2, 0.25) is 0 Å². The third-order valence-corrected chi connectivity index (χ3v) is 3.69. The molecule has 1 unspecified atom stereocenters. The molecule has 1 aromatic rings. The fraction of sp³-hybridized carbons (Fsp3) is 0.846. The fourth-order valence-electron chi connectivity index (χ4n) is 2.51. The maximum absolute atomic E-state index is 5.37. The lowest BCUT2D eigenvalue weighted by molar-refractivity contribution is 0.333. The number of aromatic nitrogens is 2. The zero-order chi connectivity index (χ0) is 12.1. The Balaban J connectivity index is 1.93. The third-order valence-electron chi connectivity index (χ3n) is 3.69. The summed E-state index contributed by atoms with van der Waals surface area (Å²) in [6.45, 7) is 6.59. The van der Waals surface area contributed by atoms with E-state index in [0.717, 1.165) is 44.1 Å². The maximum atomic E-state index is 5.37. The molecule has 17 heavy (non-hydrogen) atoms. The summed E-state index contributed by atoms with van der Waals surface area (Å²) in [6.07, 6.45) is 5.65. The van der Waals surface area contributed by atoms with Crippen LogP contribution < -0.4 is 5.32 Å². The molecule has 96 valence electrons. The predicted molar refractivity (Wildman–Crippen MR) is 66.9 cm³/mol. The Kier molecular flexibility index (Phi) is 4.54. The van der Waals surface area contributed by atoms with Crippen LogP contribution in [0.5, 0.6) is 0 Å². The van der Waals surface area contributed by atoms with Gasteiger partial charge in [0.15, 0.2) is 5.82 Å². The van der Waals surface area contributed by atoms with Crippen LogP contribution in [0.15, 0.2) is 4.52 Å². The molecule has 0 amide bonds. The van der Waals surface area contributed by atoms with Gasteiger partial charge < -0.3 is 9.84 Å². The van der Waals surface area contributed by atoms with Gasteiger partial charge in [0.25, 0.3) is 0 Å². The van der Waals surface area contributed by atoms with E-state index in [-0.39, 0.29) is 0 Å². The van der Waals surface area contributed by atoms with Crippen LogP contribution in [0.25, 0.3) is 0 Å². The molecule has 0 radical (unpaired) electrons. The van der Waals surface area contributed by atoms with E-state index in [1.54, 1.807) is 0 Å². The van der Waals surface area contributed by atoms with Crippen molar-refractivity contribution in [2.24, 2.45) is 5.92 Å². The smallest absolute Gasteiger partial charge is 0.229 e. The number of hydrogen-bond donors (Lipinski definition) is 1. The first kappa shape index (κ1) is 12.6. The quantitative estimate of drug-likeness (QED) is 0.855. The Morgan fingerprint density at radius 3 is 2.88 bits per heavy atom. The van der Waals surface area contributed by atoms with Crippen molar-refractivity contribution in [1.29, 1.82) is 0 Å². The molecular weight excluding hydrogens is 214 g/mol. The third kappa shape index (κ3) is 3.28. The highest BCUT2D eigenvalue weighted by molar-refractivity contribution is 4.95. The molecular formula is C13H23N3O. The molecule has 1 aliphatic heterocycles. The molecule has 1 saturated heterocycles. The van der Waals surface area contributed by atoms with Crippen LogP contribution in [-0.2, 0) is 6.42 Å². The van der Waals surface area contributed by atoms with E-state index in [1.807, 2.05) is 0 Å². The van der Waals surface area contributed by atoms with E-state index in [4.69, 9.17) is 4.52 Å². The average molecular weight is 237 g/mol. The van der Waals surface area contributed by atoms with Crippen LogP contribution in [0.3, 0.4) is 0 Å². The SMILES string of the molecule is CCC(CC)c1nc(CC2CCCNC2)no1. The lowest BCUT2D eigenvalue weighted by Crippen LogP contribution is -2.31. The molecule has 0 aromatic carbocycles. The Morgan fingerprint density at radius 1 is 1.41 bits per heavy atom. The van der Waals surface area contributed by atoms with Crippen molar-refractivity contribution in [2.75, 3.05) is 13.1 Å². The molecule has 1 fully saturated rings. The summed E-state index contributed by atoms with van der Waals surface area (Å²) in [6, 6.07) is 0. The zero-order valence-electron chi connectivity index (χ0n) is 10.9. The van der Waals surface area contributed by atoms with Gasteiger partial charge in [-0.25, -0.2) is 0 Å². The fourth-order valence-corrected chi connectivity index (χ4v) is 2.51. The van der Waals surface area contributed by atoms with Crippen LogP contribution in [0.4, 0.5) is 0 Å². The van der Waals surface area contributed by atoms with Gasteiger partial charge in [0.1, 0.15) is 0 Å². The maximum Gasteiger partial charge on any atom is 0.229 e. The molecule has 1 aliphatic rings. The van der Waals surface area contributed by atoms with Crippen molar-refractivity contribution in [1.82, 2.24) is 15.5 Å². The van der Waals surface area contributed by atoms with Gasteiger partial charge in [-0.1, -0.05) is 19.0 Å². The normalized spacial score (nSPS) is 21.0. The van der Waals surface area contributed by atoms with Gasteiger partial charge in [0.05, 0.1) is 0 Å². The van der Waals surface area contributed by atoms with Gasteiger partial charge in [-0.2, -0.15) is 4.98 Å². The summed E-state index contributed by atoms with van der Waals surface area (Å²) in [5.74, 6) is 2.83. The second kappa shape index (κ2) is 6.15. The van der Waals surface area contributed by atoms with Crippen molar-refractivity contribution >= 4 is 0 Å². The van der Waals surface area contributed by atoms with E-state index < -0.39 is 0 Å². The van der Waals surface area contributed by atoms with Crippen molar-refractivity contribution < 1.29 is 4.52 Å². The first-order valence-electron chi connectivity index (χ1n) is 6.86. The van der Waals surface area contributed by atoms with E-state index in [1.165, 1.54) is 12.8 Å². The summed E-state index contributed by atoms with van der Waals surface area (Å²) < 4.78 is 5.37. The lowest BCUT2D eigenvalue weighted by atomic mass is 9.96. The summed E-state index contributed by atoms with van der Waals surface area (Å²) in [5, 5.41) is 7.53. The van der Waals surface area contributed by atoms with Crippen LogP contribution in [0.1, 0.15) is 57.2 Å². The highest BCUT2D eigenvalue weighted by Crippen LogP contribution is 2.22. The van der Waals surface area contributed by atoms with Crippen molar-refractivity contribution in [3.8, 4) is 0 Å². The lowest BCUT2D eigenvalue weighted by Gasteiger charge is -2.20. The Morgan fingerprint density at radius 2 is 2.24 bits per heavy atom. The van der Waals surface area contributed by atoms with E-state index in [9.17, 15) is 0 Å².